The van der Waals surface area contributed by atoms with Crippen molar-refractivity contribution in [3.8, 4) is 22.3 Å². The van der Waals surface area contributed by atoms with E-state index < -0.39 is 0 Å². The van der Waals surface area contributed by atoms with Crippen molar-refractivity contribution in [3.63, 3.8) is 0 Å². The van der Waals surface area contributed by atoms with E-state index in [-0.39, 0.29) is 5.41 Å². The molecule has 0 atom stereocenters. The van der Waals surface area contributed by atoms with E-state index >= 15 is 0 Å². The van der Waals surface area contributed by atoms with Gasteiger partial charge in [0.1, 0.15) is 0 Å². The first kappa shape index (κ1) is 19.2. The molecule has 0 radical (unpaired) electrons. The molecule has 0 spiro atoms. The maximum Gasteiger partial charge on any atom is 0.0159 e. The average Bonchev–Trinajstić information content (AvgIpc) is 2.90. The summed E-state index contributed by atoms with van der Waals surface area (Å²) in [5.74, 6) is 0. The minimum atomic E-state index is -0.0373. The van der Waals surface area contributed by atoms with Gasteiger partial charge in [0, 0.05) is 5.41 Å². The molecule has 0 unspecified atom stereocenters. The third-order valence-electron chi connectivity index (χ3n) is 8.42. The molecule has 0 saturated carbocycles. The number of benzene rings is 7. The lowest BCUT2D eigenvalue weighted by molar-refractivity contribution is 0.645. The zero-order chi connectivity index (χ0) is 23.3. The average molecular weight is 445 g/mol. The van der Waals surface area contributed by atoms with Gasteiger partial charge in [-0.05, 0) is 76.5 Å². The Hall–Kier alpha value is -4.16. The SMILES string of the molecule is CC1(C)c2ccccc2-c2cccc3c(-c4ccc5ccc6cccc7ccc4c5c67)ccc1c23. The van der Waals surface area contributed by atoms with Crippen molar-refractivity contribution in [2.24, 2.45) is 0 Å². The zero-order valence-electron chi connectivity index (χ0n) is 19.9. The smallest absolute Gasteiger partial charge is 0.0159 e. The minimum absolute atomic E-state index is 0.0373. The Kier molecular flexibility index (Phi) is 3.56. The molecular formula is C35H24. The highest BCUT2D eigenvalue weighted by molar-refractivity contribution is 6.26. The van der Waals surface area contributed by atoms with Gasteiger partial charge in [0.25, 0.3) is 0 Å². The number of hydrogen-bond donors (Lipinski definition) is 0. The van der Waals surface area contributed by atoms with E-state index in [1.165, 1.54) is 76.5 Å². The van der Waals surface area contributed by atoms with Crippen LogP contribution in [0.2, 0.25) is 0 Å². The van der Waals surface area contributed by atoms with Crippen LogP contribution >= 0.6 is 0 Å². The lowest BCUT2D eigenvalue weighted by Crippen LogP contribution is -2.23. The van der Waals surface area contributed by atoms with Crippen LogP contribution in [0.25, 0.3) is 65.3 Å². The molecule has 8 rings (SSSR count). The summed E-state index contributed by atoms with van der Waals surface area (Å²) in [7, 11) is 0. The summed E-state index contributed by atoms with van der Waals surface area (Å²) in [6.45, 7) is 4.73. The van der Waals surface area contributed by atoms with E-state index in [0.29, 0.717) is 0 Å². The monoisotopic (exact) mass is 444 g/mol. The molecule has 164 valence electrons. The fourth-order valence-electron chi connectivity index (χ4n) is 6.77. The summed E-state index contributed by atoms with van der Waals surface area (Å²) < 4.78 is 0. The molecule has 35 heavy (non-hydrogen) atoms. The Balaban J connectivity index is 1.51. The molecular weight excluding hydrogens is 420 g/mol. The van der Waals surface area contributed by atoms with Gasteiger partial charge in [0.05, 0.1) is 0 Å². The molecule has 0 fully saturated rings. The van der Waals surface area contributed by atoms with Gasteiger partial charge in [-0.2, -0.15) is 0 Å². The van der Waals surface area contributed by atoms with Gasteiger partial charge in [0.15, 0.2) is 0 Å². The predicted molar refractivity (Wildman–Crippen MR) is 151 cm³/mol. The first-order valence-corrected chi connectivity index (χ1v) is 12.5. The highest BCUT2D eigenvalue weighted by Crippen LogP contribution is 2.51. The van der Waals surface area contributed by atoms with Crippen LogP contribution < -0.4 is 0 Å². The number of rotatable bonds is 1. The summed E-state index contributed by atoms with van der Waals surface area (Å²) in [4.78, 5) is 0. The van der Waals surface area contributed by atoms with Crippen LogP contribution in [0.3, 0.4) is 0 Å². The van der Waals surface area contributed by atoms with Gasteiger partial charge in [-0.1, -0.05) is 123 Å². The van der Waals surface area contributed by atoms with Gasteiger partial charge >= 0.3 is 0 Å². The van der Waals surface area contributed by atoms with E-state index in [2.05, 4.69) is 123 Å². The zero-order valence-corrected chi connectivity index (χ0v) is 19.9. The maximum atomic E-state index is 2.38. The molecule has 7 aromatic carbocycles. The van der Waals surface area contributed by atoms with Crippen LogP contribution in [0.1, 0.15) is 25.0 Å². The molecule has 0 heteroatoms. The molecule has 0 aliphatic heterocycles. The van der Waals surface area contributed by atoms with Crippen LogP contribution in [0.5, 0.6) is 0 Å². The molecule has 1 aliphatic rings. The van der Waals surface area contributed by atoms with Crippen molar-refractivity contribution < 1.29 is 0 Å². The fourth-order valence-corrected chi connectivity index (χ4v) is 6.77. The summed E-state index contributed by atoms with van der Waals surface area (Å²) in [5.41, 5.74) is 8.15. The van der Waals surface area contributed by atoms with Crippen molar-refractivity contribution >= 4 is 43.1 Å². The van der Waals surface area contributed by atoms with E-state index in [0.717, 1.165) is 0 Å². The molecule has 0 aromatic heterocycles. The fraction of sp³-hybridized carbons (Fsp3) is 0.0857. The van der Waals surface area contributed by atoms with Crippen molar-refractivity contribution in [3.05, 3.63) is 120 Å². The predicted octanol–water partition coefficient (Wildman–Crippen LogP) is 9.71. The molecule has 0 heterocycles. The minimum Gasteiger partial charge on any atom is -0.0619 e. The molecule has 0 bridgehead atoms. The summed E-state index contributed by atoms with van der Waals surface area (Å²) >= 11 is 0. The van der Waals surface area contributed by atoms with Gasteiger partial charge in [-0.25, -0.2) is 0 Å². The molecule has 7 aromatic rings. The molecule has 0 N–H and O–H groups in total. The maximum absolute atomic E-state index is 2.38. The first-order chi connectivity index (χ1) is 17.1. The van der Waals surface area contributed by atoms with Crippen molar-refractivity contribution in [1.82, 2.24) is 0 Å². The van der Waals surface area contributed by atoms with E-state index in [1.54, 1.807) is 0 Å². The molecule has 0 saturated heterocycles. The Morgan fingerprint density at radius 2 is 0.971 bits per heavy atom. The van der Waals surface area contributed by atoms with Crippen LogP contribution in [0.15, 0.2) is 109 Å². The van der Waals surface area contributed by atoms with Gasteiger partial charge in [-0.3, -0.25) is 0 Å². The number of hydrogen-bond acceptors (Lipinski definition) is 0. The van der Waals surface area contributed by atoms with Crippen LogP contribution in [0.4, 0.5) is 0 Å². The van der Waals surface area contributed by atoms with E-state index in [4.69, 9.17) is 0 Å². The second kappa shape index (κ2) is 6.49. The van der Waals surface area contributed by atoms with Crippen molar-refractivity contribution in [2.45, 2.75) is 19.3 Å². The summed E-state index contributed by atoms with van der Waals surface area (Å²) in [5, 5.41) is 10.8. The van der Waals surface area contributed by atoms with Crippen LogP contribution in [-0.2, 0) is 5.41 Å². The third-order valence-corrected chi connectivity index (χ3v) is 8.42. The first-order valence-electron chi connectivity index (χ1n) is 12.5. The topological polar surface area (TPSA) is 0 Å². The van der Waals surface area contributed by atoms with Crippen LogP contribution in [-0.4, -0.2) is 0 Å². The van der Waals surface area contributed by atoms with Crippen molar-refractivity contribution in [1.29, 1.82) is 0 Å². The lowest BCUT2D eigenvalue weighted by Gasteiger charge is -2.35. The van der Waals surface area contributed by atoms with E-state index in [9.17, 15) is 0 Å². The second-order valence-electron chi connectivity index (χ2n) is 10.5. The lowest BCUT2D eigenvalue weighted by atomic mass is 9.68. The number of fused-ring (bicyclic) bond motifs is 2. The van der Waals surface area contributed by atoms with Gasteiger partial charge in [-0.15, -0.1) is 0 Å². The third kappa shape index (κ3) is 2.37. The Labute approximate surface area is 204 Å². The Bertz CT molecular complexity index is 1950. The molecule has 1 aliphatic carbocycles. The van der Waals surface area contributed by atoms with Gasteiger partial charge in [0.2, 0.25) is 0 Å². The summed E-state index contributed by atoms with van der Waals surface area (Å²) in [6, 6.07) is 40.9. The highest BCUT2D eigenvalue weighted by Gasteiger charge is 2.33. The molecule has 0 amide bonds. The largest absolute Gasteiger partial charge is 0.0619 e. The normalized spacial score (nSPS) is 14.2. The standard InChI is InChI=1S/C35H24/c1-35(2)30-12-4-3-9-26(30)28-11-6-10-27-25(19-20-31(35)34(27)28)24-17-15-23-14-13-21-7-5-8-22-16-18-29(24)33(23)32(21)22/h3-20H,1-2H3. The Morgan fingerprint density at radius 3 is 1.80 bits per heavy atom. The Morgan fingerprint density at radius 1 is 0.371 bits per heavy atom. The summed E-state index contributed by atoms with van der Waals surface area (Å²) in [6.07, 6.45) is 0. The second-order valence-corrected chi connectivity index (χ2v) is 10.5. The van der Waals surface area contributed by atoms with E-state index in [1.807, 2.05) is 0 Å². The van der Waals surface area contributed by atoms with Crippen molar-refractivity contribution in [2.75, 3.05) is 0 Å². The van der Waals surface area contributed by atoms with Gasteiger partial charge < -0.3 is 0 Å². The molecule has 0 nitrogen and oxygen atoms in total. The van der Waals surface area contributed by atoms with Crippen LogP contribution in [0, 0.1) is 0 Å². The highest BCUT2D eigenvalue weighted by atomic mass is 14.4. The quantitative estimate of drug-likeness (QED) is 0.221.